The molecule has 2 saturated carbocycles. The summed E-state index contributed by atoms with van der Waals surface area (Å²) in [6.45, 7) is 1.00. The topological polar surface area (TPSA) is 92.8 Å². The zero-order chi connectivity index (χ0) is 20.0. The van der Waals surface area contributed by atoms with Crippen LogP contribution in [-0.2, 0) is 23.9 Å². The number of ether oxygens (including phenoxy) is 1. The van der Waals surface area contributed by atoms with E-state index in [-0.39, 0.29) is 35.5 Å². The number of carbonyl (C=O) groups excluding carboxylic acids is 4. The van der Waals surface area contributed by atoms with Gasteiger partial charge in [0.2, 0.25) is 11.8 Å². The van der Waals surface area contributed by atoms with E-state index in [1.165, 1.54) is 6.92 Å². The fourth-order valence-electron chi connectivity index (χ4n) is 4.91. The maximum absolute atomic E-state index is 12.8. The van der Waals surface area contributed by atoms with Gasteiger partial charge in [-0.25, -0.2) is 4.79 Å². The molecule has 28 heavy (non-hydrogen) atoms. The summed E-state index contributed by atoms with van der Waals surface area (Å²) >= 11 is 3.31. The molecule has 1 N–H and O–H groups in total. The fourth-order valence-corrected chi connectivity index (χ4v) is 5.17. The highest BCUT2D eigenvalue weighted by molar-refractivity contribution is 9.10. The highest BCUT2D eigenvalue weighted by Crippen LogP contribution is 2.56. The van der Waals surface area contributed by atoms with Crippen LogP contribution in [0.1, 0.15) is 26.2 Å². The summed E-state index contributed by atoms with van der Waals surface area (Å²) in [7, 11) is 0. The van der Waals surface area contributed by atoms with Gasteiger partial charge in [0.15, 0.2) is 6.61 Å². The van der Waals surface area contributed by atoms with Crippen LogP contribution >= 0.6 is 15.9 Å². The normalized spacial score (nSPS) is 29.0. The lowest BCUT2D eigenvalue weighted by atomic mass is 9.81. The molecule has 2 aliphatic carbocycles. The van der Waals surface area contributed by atoms with Crippen molar-refractivity contribution in [1.82, 2.24) is 4.90 Å². The van der Waals surface area contributed by atoms with Gasteiger partial charge in [-0.1, -0.05) is 15.9 Å². The molecule has 148 valence electrons. The monoisotopic (exact) mass is 448 g/mol. The molecule has 5 atom stereocenters. The number of esters is 1. The van der Waals surface area contributed by atoms with E-state index in [4.69, 9.17) is 4.74 Å². The molecule has 2 bridgehead atoms. The van der Waals surface area contributed by atoms with E-state index >= 15 is 0 Å². The molecule has 0 aromatic heterocycles. The Balaban J connectivity index is 1.33. The van der Waals surface area contributed by atoms with Crippen LogP contribution in [0.5, 0.6) is 0 Å². The summed E-state index contributed by atoms with van der Waals surface area (Å²) < 4.78 is 5.93. The van der Waals surface area contributed by atoms with Gasteiger partial charge in [0.25, 0.3) is 5.91 Å². The number of hydrogen-bond acceptors (Lipinski definition) is 5. The molecule has 3 aliphatic rings. The van der Waals surface area contributed by atoms with Gasteiger partial charge in [0.05, 0.1) is 11.8 Å². The number of rotatable bonds is 5. The van der Waals surface area contributed by atoms with Crippen LogP contribution in [0.15, 0.2) is 28.7 Å². The van der Waals surface area contributed by atoms with Crippen molar-refractivity contribution in [3.63, 3.8) is 0 Å². The SMILES string of the molecule is C[C@@H](C(=O)OCC(=O)Nc1ccc(Br)cc1)N1C(=O)[C@@H]2[C@H]3CC[C@@H](C3)[C@@H]2C1=O. The number of amides is 3. The Morgan fingerprint density at radius 2 is 1.71 bits per heavy atom. The van der Waals surface area contributed by atoms with Gasteiger partial charge in [-0.3, -0.25) is 19.3 Å². The fraction of sp³-hybridized carbons (Fsp3) is 0.500. The number of nitrogens with one attached hydrogen (secondary N) is 1. The number of nitrogens with zero attached hydrogens (tertiary/aromatic N) is 1. The molecule has 3 fully saturated rings. The summed E-state index contributed by atoms with van der Waals surface area (Å²) in [5.41, 5.74) is 0.575. The van der Waals surface area contributed by atoms with Crippen molar-refractivity contribution in [3.05, 3.63) is 28.7 Å². The van der Waals surface area contributed by atoms with Crippen molar-refractivity contribution in [2.45, 2.75) is 32.2 Å². The minimum absolute atomic E-state index is 0.258. The molecule has 1 aromatic rings. The maximum atomic E-state index is 12.8. The molecule has 8 heteroatoms. The first-order valence-corrected chi connectivity index (χ1v) is 10.2. The number of hydrogen-bond donors (Lipinski definition) is 1. The lowest BCUT2D eigenvalue weighted by molar-refractivity contribution is -0.159. The molecule has 0 radical (unpaired) electrons. The second kappa shape index (κ2) is 7.31. The van der Waals surface area contributed by atoms with Crippen LogP contribution in [0, 0.1) is 23.7 Å². The number of benzene rings is 1. The van der Waals surface area contributed by atoms with E-state index in [0.717, 1.165) is 28.6 Å². The molecular weight excluding hydrogens is 428 g/mol. The largest absolute Gasteiger partial charge is 0.454 e. The van der Waals surface area contributed by atoms with Gasteiger partial charge < -0.3 is 10.1 Å². The second-order valence-electron chi connectivity index (χ2n) is 7.77. The third kappa shape index (κ3) is 3.23. The van der Waals surface area contributed by atoms with Crippen LogP contribution in [0.4, 0.5) is 5.69 Å². The molecule has 4 rings (SSSR count). The van der Waals surface area contributed by atoms with E-state index in [2.05, 4.69) is 21.2 Å². The molecule has 0 spiro atoms. The standard InChI is InChI=1S/C20H21BrN2O5/c1-10(20(27)28-9-15(24)22-14-6-4-13(21)5-7-14)23-18(25)16-11-2-3-12(8-11)17(16)19(23)26/h4-7,10-12,16-17H,2-3,8-9H2,1H3,(H,22,24)/t10-,11-,12-,16-,17+/m0/s1. The van der Waals surface area contributed by atoms with Crippen LogP contribution in [0.3, 0.4) is 0 Å². The van der Waals surface area contributed by atoms with Crippen molar-refractivity contribution in [1.29, 1.82) is 0 Å². The smallest absolute Gasteiger partial charge is 0.329 e. The Morgan fingerprint density at radius 1 is 1.14 bits per heavy atom. The number of carbonyl (C=O) groups is 4. The predicted molar refractivity (Wildman–Crippen MR) is 103 cm³/mol. The van der Waals surface area contributed by atoms with Crippen LogP contribution in [0.2, 0.25) is 0 Å². The second-order valence-corrected chi connectivity index (χ2v) is 8.69. The van der Waals surface area contributed by atoms with Crippen molar-refractivity contribution >= 4 is 45.3 Å². The minimum Gasteiger partial charge on any atom is -0.454 e. The van der Waals surface area contributed by atoms with Gasteiger partial charge in [0, 0.05) is 10.2 Å². The third-order valence-corrected chi connectivity index (χ3v) is 6.69. The average molecular weight is 449 g/mol. The van der Waals surface area contributed by atoms with E-state index < -0.39 is 24.5 Å². The highest BCUT2D eigenvalue weighted by atomic mass is 79.9. The molecule has 1 aromatic carbocycles. The summed E-state index contributed by atoms with van der Waals surface area (Å²) in [5.74, 6) is -1.79. The quantitative estimate of drug-likeness (QED) is 0.551. The van der Waals surface area contributed by atoms with E-state index in [1.54, 1.807) is 24.3 Å². The zero-order valence-corrected chi connectivity index (χ0v) is 17.0. The minimum atomic E-state index is -1.02. The number of anilines is 1. The molecule has 1 heterocycles. The number of imide groups is 1. The molecule has 3 amide bonds. The molecular formula is C20H21BrN2O5. The Bertz CT molecular complexity index is 812. The van der Waals surface area contributed by atoms with Crippen LogP contribution < -0.4 is 5.32 Å². The lowest BCUT2D eigenvalue weighted by Gasteiger charge is -2.23. The van der Waals surface area contributed by atoms with Crippen molar-refractivity contribution < 1.29 is 23.9 Å². The van der Waals surface area contributed by atoms with E-state index in [1.807, 2.05) is 0 Å². The van der Waals surface area contributed by atoms with Crippen LogP contribution in [-0.4, -0.2) is 41.2 Å². The van der Waals surface area contributed by atoms with Gasteiger partial charge in [-0.2, -0.15) is 0 Å². The first-order valence-electron chi connectivity index (χ1n) is 9.45. The zero-order valence-electron chi connectivity index (χ0n) is 15.4. The Kier molecular flexibility index (Phi) is 4.99. The Morgan fingerprint density at radius 3 is 2.29 bits per heavy atom. The maximum Gasteiger partial charge on any atom is 0.329 e. The predicted octanol–water partition coefficient (Wildman–Crippen LogP) is 2.35. The average Bonchev–Trinajstić information content (AvgIpc) is 3.35. The summed E-state index contributed by atoms with van der Waals surface area (Å²) in [6.07, 6.45) is 2.90. The van der Waals surface area contributed by atoms with Crippen molar-refractivity contribution in [3.8, 4) is 0 Å². The molecule has 7 nitrogen and oxygen atoms in total. The first kappa shape index (κ1) is 19.1. The third-order valence-electron chi connectivity index (χ3n) is 6.16. The Hall–Kier alpha value is -2.22. The summed E-state index contributed by atoms with van der Waals surface area (Å²) in [4.78, 5) is 50.9. The highest BCUT2D eigenvalue weighted by Gasteiger charge is 2.62. The summed E-state index contributed by atoms with van der Waals surface area (Å²) in [5, 5.41) is 2.62. The molecule has 1 saturated heterocycles. The first-order chi connectivity index (χ1) is 13.4. The van der Waals surface area contributed by atoms with Gasteiger partial charge in [0.1, 0.15) is 6.04 Å². The molecule has 0 unspecified atom stereocenters. The number of halogens is 1. The van der Waals surface area contributed by atoms with Gasteiger partial charge in [-0.05, 0) is 62.3 Å². The van der Waals surface area contributed by atoms with Gasteiger partial charge in [-0.15, -0.1) is 0 Å². The lowest BCUT2D eigenvalue weighted by Crippen LogP contribution is -2.45. The van der Waals surface area contributed by atoms with Crippen molar-refractivity contribution in [2.24, 2.45) is 23.7 Å². The van der Waals surface area contributed by atoms with Gasteiger partial charge >= 0.3 is 5.97 Å². The molecule has 1 aliphatic heterocycles. The van der Waals surface area contributed by atoms with E-state index in [9.17, 15) is 19.2 Å². The van der Waals surface area contributed by atoms with Crippen LogP contribution in [0.25, 0.3) is 0 Å². The number of likely N-dealkylation sites (tertiary alicyclic amines) is 1. The Labute approximate surface area is 170 Å². The summed E-state index contributed by atoms with van der Waals surface area (Å²) in [6, 6.07) is 5.95. The number of fused-ring (bicyclic) bond motifs is 5. The van der Waals surface area contributed by atoms with Crippen molar-refractivity contribution in [2.75, 3.05) is 11.9 Å². The van der Waals surface area contributed by atoms with E-state index in [0.29, 0.717) is 5.69 Å².